The van der Waals surface area contributed by atoms with E-state index in [4.69, 9.17) is 4.74 Å². The van der Waals surface area contributed by atoms with E-state index in [9.17, 15) is 19.2 Å². The van der Waals surface area contributed by atoms with Crippen molar-refractivity contribution in [2.75, 3.05) is 23.8 Å². The molecule has 0 saturated carbocycles. The summed E-state index contributed by atoms with van der Waals surface area (Å²) in [5.74, 6) is -0.960. The van der Waals surface area contributed by atoms with Crippen LogP contribution in [0.25, 0.3) is 0 Å². The van der Waals surface area contributed by atoms with Crippen molar-refractivity contribution >= 4 is 35.2 Å². The monoisotopic (exact) mass is 446 g/mol. The van der Waals surface area contributed by atoms with E-state index in [2.05, 4.69) is 10.6 Å². The van der Waals surface area contributed by atoms with E-state index in [1.54, 1.807) is 52.0 Å². The number of carbonyl (C=O) groups excluding carboxylic acids is 4. The number of carbonyl (C=O) groups is 4. The van der Waals surface area contributed by atoms with Gasteiger partial charge in [0.1, 0.15) is 17.7 Å². The SMILES string of the molecule is CC(C)CC(=O)N1CC(NC(=O)C(C)N(C)C(=O)OC(C)(C)C)C(=O)Nc2ccccc21. The van der Waals surface area contributed by atoms with Gasteiger partial charge in [0, 0.05) is 13.5 Å². The van der Waals surface area contributed by atoms with Crippen LogP contribution in [0.3, 0.4) is 0 Å². The molecule has 32 heavy (non-hydrogen) atoms. The molecular formula is C23H34N4O5. The van der Waals surface area contributed by atoms with Crippen LogP contribution in [0.15, 0.2) is 24.3 Å². The molecule has 2 atom stereocenters. The molecule has 2 N–H and O–H groups in total. The van der Waals surface area contributed by atoms with Crippen molar-refractivity contribution < 1.29 is 23.9 Å². The molecule has 0 bridgehead atoms. The second kappa shape index (κ2) is 10.0. The van der Waals surface area contributed by atoms with Crippen LogP contribution in [0.5, 0.6) is 0 Å². The van der Waals surface area contributed by atoms with E-state index in [0.717, 1.165) is 0 Å². The third-order valence-electron chi connectivity index (χ3n) is 4.98. The number of benzene rings is 1. The number of fused-ring (bicyclic) bond motifs is 1. The zero-order valence-corrected chi connectivity index (χ0v) is 19.9. The van der Waals surface area contributed by atoms with Crippen LogP contribution in [0, 0.1) is 5.92 Å². The molecule has 1 aliphatic rings. The fourth-order valence-corrected chi connectivity index (χ4v) is 3.17. The van der Waals surface area contributed by atoms with Gasteiger partial charge in [0.2, 0.25) is 17.7 Å². The molecular weight excluding hydrogens is 412 g/mol. The predicted octanol–water partition coefficient (Wildman–Crippen LogP) is 2.76. The van der Waals surface area contributed by atoms with Gasteiger partial charge in [0.25, 0.3) is 0 Å². The van der Waals surface area contributed by atoms with Gasteiger partial charge in [0.15, 0.2) is 0 Å². The first-order chi connectivity index (χ1) is 14.8. The van der Waals surface area contributed by atoms with Crippen LogP contribution in [0.2, 0.25) is 0 Å². The Bertz CT molecular complexity index is 877. The summed E-state index contributed by atoms with van der Waals surface area (Å²) in [5.41, 5.74) is 0.388. The molecule has 9 heteroatoms. The Hall–Kier alpha value is -3.10. The highest BCUT2D eigenvalue weighted by atomic mass is 16.6. The summed E-state index contributed by atoms with van der Waals surface area (Å²) in [7, 11) is 1.46. The molecule has 0 aromatic heterocycles. The molecule has 1 aliphatic heterocycles. The summed E-state index contributed by atoms with van der Waals surface area (Å²) in [6, 6.07) is 5.16. The first-order valence-electron chi connectivity index (χ1n) is 10.8. The highest BCUT2D eigenvalue weighted by molar-refractivity contribution is 6.07. The van der Waals surface area contributed by atoms with Crippen molar-refractivity contribution in [3.63, 3.8) is 0 Å². The Labute approximate surface area is 189 Å². The highest BCUT2D eigenvalue weighted by Crippen LogP contribution is 2.29. The minimum atomic E-state index is -0.986. The zero-order valence-electron chi connectivity index (χ0n) is 19.9. The van der Waals surface area contributed by atoms with Crippen LogP contribution in [-0.2, 0) is 19.1 Å². The molecule has 2 unspecified atom stereocenters. The lowest BCUT2D eigenvalue weighted by Crippen LogP contribution is -2.55. The van der Waals surface area contributed by atoms with E-state index in [0.29, 0.717) is 17.8 Å². The fraction of sp³-hybridized carbons (Fsp3) is 0.565. The van der Waals surface area contributed by atoms with Gasteiger partial charge in [-0.3, -0.25) is 19.3 Å². The number of anilines is 2. The van der Waals surface area contributed by atoms with Crippen LogP contribution < -0.4 is 15.5 Å². The van der Waals surface area contributed by atoms with Crippen molar-refractivity contribution in [1.82, 2.24) is 10.2 Å². The van der Waals surface area contributed by atoms with Crippen molar-refractivity contribution in [1.29, 1.82) is 0 Å². The largest absolute Gasteiger partial charge is 0.444 e. The van der Waals surface area contributed by atoms with Gasteiger partial charge in [-0.1, -0.05) is 26.0 Å². The highest BCUT2D eigenvalue weighted by Gasteiger charge is 2.34. The van der Waals surface area contributed by atoms with E-state index in [1.165, 1.54) is 16.8 Å². The fourth-order valence-electron chi connectivity index (χ4n) is 3.17. The molecule has 0 aliphatic carbocycles. The molecule has 1 aromatic carbocycles. The van der Waals surface area contributed by atoms with Gasteiger partial charge in [-0.15, -0.1) is 0 Å². The van der Waals surface area contributed by atoms with Crippen LogP contribution >= 0.6 is 0 Å². The molecule has 1 heterocycles. The van der Waals surface area contributed by atoms with Gasteiger partial charge in [0.05, 0.1) is 17.9 Å². The summed E-state index contributed by atoms with van der Waals surface area (Å²) in [4.78, 5) is 53.6. The normalized spacial score (nSPS) is 17.1. The number of nitrogens with one attached hydrogen (secondary N) is 2. The van der Waals surface area contributed by atoms with E-state index in [-0.39, 0.29) is 18.4 Å². The quantitative estimate of drug-likeness (QED) is 0.723. The standard InChI is InChI=1S/C23H34N4O5/c1-14(2)12-19(28)27-13-17(21(30)24-16-10-8-9-11-18(16)27)25-20(29)15(3)26(7)22(31)32-23(4,5)6/h8-11,14-15,17H,12-13H2,1-7H3,(H,24,30)(H,25,29). The Morgan fingerprint density at radius 3 is 2.44 bits per heavy atom. The van der Waals surface area contributed by atoms with Crippen molar-refractivity contribution in [2.24, 2.45) is 5.92 Å². The summed E-state index contributed by atoms with van der Waals surface area (Å²) in [6.07, 6.45) is -0.340. The number of nitrogens with zero attached hydrogens (tertiary/aromatic N) is 2. The number of hydrogen-bond donors (Lipinski definition) is 2. The number of amides is 4. The summed E-state index contributed by atoms with van der Waals surface area (Å²) in [5, 5.41) is 5.47. The van der Waals surface area contributed by atoms with E-state index < -0.39 is 35.6 Å². The predicted molar refractivity (Wildman–Crippen MR) is 122 cm³/mol. The summed E-state index contributed by atoms with van der Waals surface area (Å²) < 4.78 is 5.30. The van der Waals surface area contributed by atoms with E-state index >= 15 is 0 Å². The topological polar surface area (TPSA) is 108 Å². The Kier molecular flexibility index (Phi) is 7.87. The molecule has 0 spiro atoms. The first-order valence-corrected chi connectivity index (χ1v) is 10.8. The maximum Gasteiger partial charge on any atom is 0.410 e. The van der Waals surface area contributed by atoms with E-state index in [1.807, 2.05) is 13.8 Å². The minimum Gasteiger partial charge on any atom is -0.444 e. The Morgan fingerprint density at radius 2 is 1.84 bits per heavy atom. The first kappa shape index (κ1) is 25.2. The average molecular weight is 447 g/mol. The third-order valence-corrected chi connectivity index (χ3v) is 4.98. The Morgan fingerprint density at radius 1 is 1.22 bits per heavy atom. The molecule has 176 valence electrons. The van der Waals surface area contributed by atoms with Crippen LogP contribution in [0.4, 0.5) is 16.2 Å². The molecule has 4 amide bonds. The number of likely N-dealkylation sites (N-methyl/N-ethyl adjacent to an activating group) is 1. The van der Waals surface area contributed by atoms with Gasteiger partial charge in [-0.25, -0.2) is 4.79 Å². The summed E-state index contributed by atoms with van der Waals surface area (Å²) >= 11 is 0. The molecule has 1 aromatic rings. The Balaban J connectivity index is 2.20. The van der Waals surface area contributed by atoms with Gasteiger partial charge >= 0.3 is 6.09 Å². The van der Waals surface area contributed by atoms with Gasteiger partial charge in [-0.05, 0) is 45.7 Å². The van der Waals surface area contributed by atoms with Crippen molar-refractivity contribution in [3.8, 4) is 0 Å². The second-order valence-corrected chi connectivity index (χ2v) is 9.44. The maximum atomic E-state index is 12.9. The third kappa shape index (κ3) is 6.45. The summed E-state index contributed by atoms with van der Waals surface area (Å²) in [6.45, 7) is 10.6. The van der Waals surface area contributed by atoms with Crippen molar-refractivity contribution in [2.45, 2.75) is 65.6 Å². The maximum absolute atomic E-state index is 12.9. The molecule has 2 rings (SSSR count). The zero-order chi connectivity index (χ0) is 24.2. The smallest absolute Gasteiger partial charge is 0.410 e. The van der Waals surface area contributed by atoms with Gasteiger partial charge < -0.3 is 20.3 Å². The van der Waals surface area contributed by atoms with Crippen molar-refractivity contribution in [3.05, 3.63) is 24.3 Å². The minimum absolute atomic E-state index is 0.0109. The molecule has 0 saturated heterocycles. The lowest BCUT2D eigenvalue weighted by Gasteiger charge is -2.30. The molecule has 0 radical (unpaired) electrons. The molecule has 9 nitrogen and oxygen atoms in total. The number of rotatable bonds is 5. The average Bonchev–Trinajstić information content (AvgIpc) is 2.81. The second-order valence-electron chi connectivity index (χ2n) is 9.44. The number of ether oxygens (including phenoxy) is 1. The molecule has 0 fully saturated rings. The lowest BCUT2D eigenvalue weighted by atomic mass is 10.1. The number of hydrogen-bond acceptors (Lipinski definition) is 5. The van der Waals surface area contributed by atoms with Gasteiger partial charge in [-0.2, -0.15) is 0 Å². The van der Waals surface area contributed by atoms with Crippen LogP contribution in [-0.4, -0.2) is 60.0 Å². The number of para-hydroxylation sites is 2. The lowest BCUT2D eigenvalue weighted by molar-refractivity contribution is -0.129. The van der Waals surface area contributed by atoms with Crippen LogP contribution in [0.1, 0.15) is 48.0 Å².